The van der Waals surface area contributed by atoms with Crippen molar-refractivity contribution in [1.29, 1.82) is 0 Å². The summed E-state index contributed by atoms with van der Waals surface area (Å²) in [5.74, 6) is 1.26. The van der Waals surface area contributed by atoms with Gasteiger partial charge in [-0.05, 0) is 78.7 Å². The summed E-state index contributed by atoms with van der Waals surface area (Å²) in [6, 6.07) is 15.3. The van der Waals surface area contributed by atoms with Gasteiger partial charge in [-0.3, -0.25) is 14.4 Å². The van der Waals surface area contributed by atoms with Crippen molar-refractivity contribution in [2.75, 3.05) is 0 Å². The molecular formula is C33H32O4. The number of hydrogen-bond acceptors (Lipinski definition) is 4. The van der Waals surface area contributed by atoms with E-state index in [1.807, 2.05) is 36.4 Å². The van der Waals surface area contributed by atoms with Crippen molar-refractivity contribution < 1.29 is 19.5 Å². The maximum Gasteiger partial charge on any atom is 0.183 e. The molecule has 2 saturated carbocycles. The second-order valence-corrected chi connectivity index (χ2v) is 10.6. The van der Waals surface area contributed by atoms with Crippen LogP contribution in [-0.4, -0.2) is 22.5 Å². The zero-order chi connectivity index (χ0) is 26.2. The van der Waals surface area contributed by atoms with Gasteiger partial charge in [0, 0.05) is 29.2 Å². The van der Waals surface area contributed by atoms with Gasteiger partial charge in [0.05, 0.1) is 0 Å². The van der Waals surface area contributed by atoms with Crippen LogP contribution in [0.15, 0.2) is 96.6 Å². The average Bonchev–Trinajstić information content (AvgIpc) is 3.21. The van der Waals surface area contributed by atoms with Crippen molar-refractivity contribution in [1.82, 2.24) is 0 Å². The Kier molecular flexibility index (Phi) is 6.68. The Balaban J connectivity index is 0.000000154. The molecule has 4 atom stereocenters. The quantitative estimate of drug-likeness (QED) is 0.402. The SMILES string of the molecule is C=CC(C1=CC(=O)C=CC1=O)c1ccccc1.CC12CCC3C(=CCc4cc(O)ccc43)C1CCC2=O. The van der Waals surface area contributed by atoms with Crippen LogP contribution < -0.4 is 0 Å². The van der Waals surface area contributed by atoms with Gasteiger partial charge in [-0.15, -0.1) is 6.58 Å². The summed E-state index contributed by atoms with van der Waals surface area (Å²) in [5, 5.41) is 9.64. The Labute approximate surface area is 218 Å². The summed E-state index contributed by atoms with van der Waals surface area (Å²) in [6.45, 7) is 5.92. The molecule has 4 aliphatic carbocycles. The molecule has 0 saturated heterocycles. The second-order valence-electron chi connectivity index (χ2n) is 10.6. The van der Waals surface area contributed by atoms with Gasteiger partial charge >= 0.3 is 0 Å². The van der Waals surface area contributed by atoms with E-state index in [2.05, 4.69) is 25.6 Å². The monoisotopic (exact) mass is 492 g/mol. The van der Waals surface area contributed by atoms with Crippen molar-refractivity contribution in [3.63, 3.8) is 0 Å². The fourth-order valence-corrected chi connectivity index (χ4v) is 6.60. The summed E-state index contributed by atoms with van der Waals surface area (Å²) < 4.78 is 0. The highest BCUT2D eigenvalue weighted by Gasteiger charge is 2.52. The van der Waals surface area contributed by atoms with Crippen LogP contribution in [0.3, 0.4) is 0 Å². The number of carbonyl (C=O) groups excluding carboxylic acids is 3. The fraction of sp³-hybridized carbons (Fsp3) is 0.303. The first-order valence-corrected chi connectivity index (χ1v) is 13.0. The van der Waals surface area contributed by atoms with Crippen LogP contribution in [0.25, 0.3) is 0 Å². The van der Waals surface area contributed by atoms with Gasteiger partial charge < -0.3 is 5.11 Å². The number of allylic oxidation sites excluding steroid dienone is 7. The molecule has 0 aromatic heterocycles. The van der Waals surface area contributed by atoms with Crippen molar-refractivity contribution in [2.24, 2.45) is 11.3 Å². The van der Waals surface area contributed by atoms with Crippen molar-refractivity contribution in [3.05, 3.63) is 113 Å². The van der Waals surface area contributed by atoms with E-state index >= 15 is 0 Å². The molecular weight excluding hydrogens is 460 g/mol. The molecule has 4 unspecified atom stereocenters. The van der Waals surface area contributed by atoms with Crippen molar-refractivity contribution in [3.8, 4) is 5.75 Å². The molecule has 37 heavy (non-hydrogen) atoms. The third-order valence-corrected chi connectivity index (χ3v) is 8.59. The lowest BCUT2D eigenvalue weighted by atomic mass is 9.60. The number of aromatic hydroxyl groups is 1. The third-order valence-electron chi connectivity index (χ3n) is 8.59. The maximum absolute atomic E-state index is 12.2. The smallest absolute Gasteiger partial charge is 0.183 e. The lowest BCUT2D eigenvalue weighted by Crippen LogP contribution is -2.37. The van der Waals surface area contributed by atoms with E-state index in [0.29, 0.717) is 28.9 Å². The van der Waals surface area contributed by atoms with Crippen molar-refractivity contribution in [2.45, 2.75) is 50.9 Å². The van der Waals surface area contributed by atoms with Crippen LogP contribution in [0, 0.1) is 11.3 Å². The molecule has 188 valence electrons. The topological polar surface area (TPSA) is 71.4 Å². The number of ketones is 3. The van der Waals surface area contributed by atoms with E-state index < -0.39 is 0 Å². The summed E-state index contributed by atoms with van der Waals surface area (Å²) in [7, 11) is 0. The molecule has 2 fully saturated rings. The minimum Gasteiger partial charge on any atom is -0.508 e. The van der Waals surface area contributed by atoms with E-state index in [-0.39, 0.29) is 22.9 Å². The van der Waals surface area contributed by atoms with E-state index in [4.69, 9.17) is 0 Å². The molecule has 2 aromatic carbocycles. The highest BCUT2D eigenvalue weighted by Crippen LogP contribution is 2.57. The predicted molar refractivity (Wildman–Crippen MR) is 144 cm³/mol. The number of rotatable bonds is 3. The van der Waals surface area contributed by atoms with Gasteiger partial charge in [0.25, 0.3) is 0 Å². The maximum atomic E-state index is 12.2. The van der Waals surface area contributed by atoms with Gasteiger partial charge in [0.15, 0.2) is 11.6 Å². The molecule has 0 amide bonds. The molecule has 4 heteroatoms. The largest absolute Gasteiger partial charge is 0.508 e. The Morgan fingerprint density at radius 1 is 1.05 bits per heavy atom. The molecule has 4 nitrogen and oxygen atoms in total. The normalized spacial score (nSPS) is 26.6. The molecule has 0 heterocycles. The first-order chi connectivity index (χ1) is 17.8. The van der Waals surface area contributed by atoms with Gasteiger partial charge in [0.2, 0.25) is 0 Å². The Morgan fingerprint density at radius 2 is 1.84 bits per heavy atom. The number of phenols is 1. The van der Waals surface area contributed by atoms with Gasteiger partial charge in [-0.25, -0.2) is 0 Å². The number of carbonyl (C=O) groups is 3. The lowest BCUT2D eigenvalue weighted by molar-refractivity contribution is -0.127. The Hall–Kier alpha value is -3.79. The van der Waals surface area contributed by atoms with Gasteiger partial charge in [-0.2, -0.15) is 0 Å². The first-order valence-electron chi connectivity index (χ1n) is 13.0. The standard InChI is InChI=1S/C18H20O2.C15H12O2/c1-18-9-8-14-13-5-3-12(19)10-11(13)2-4-15(14)16(18)6-7-17(18)20;1-2-13(11-6-4-3-5-7-11)14-10-12(16)8-9-15(14)17/h3-5,10,14,16,19H,2,6-9H2,1H3;2-10,13H,1H2. The zero-order valence-electron chi connectivity index (χ0n) is 21.2. The van der Waals surface area contributed by atoms with E-state index in [9.17, 15) is 19.5 Å². The second kappa shape index (κ2) is 9.93. The van der Waals surface area contributed by atoms with Crippen LogP contribution in [0.2, 0.25) is 0 Å². The number of hydrogen-bond donors (Lipinski definition) is 1. The number of Topliss-reactive ketones (excluding diaryl/α,β-unsaturated/α-hetero) is 1. The van der Waals surface area contributed by atoms with Gasteiger partial charge in [-0.1, -0.05) is 61.0 Å². The summed E-state index contributed by atoms with van der Waals surface area (Å²) >= 11 is 0. The zero-order valence-corrected chi connectivity index (χ0v) is 21.2. The first kappa shape index (κ1) is 24.9. The predicted octanol–water partition coefficient (Wildman–Crippen LogP) is 6.33. The molecule has 0 bridgehead atoms. The Bertz CT molecular complexity index is 1360. The number of fused-ring (bicyclic) bond motifs is 5. The molecule has 2 aromatic rings. The molecule has 1 N–H and O–H groups in total. The summed E-state index contributed by atoms with van der Waals surface area (Å²) in [6.07, 6.45) is 12.8. The fourth-order valence-electron chi connectivity index (χ4n) is 6.60. The Morgan fingerprint density at radius 3 is 2.59 bits per heavy atom. The van der Waals surface area contributed by atoms with Crippen LogP contribution in [0.1, 0.15) is 61.1 Å². The molecule has 0 aliphatic heterocycles. The molecule has 4 aliphatic rings. The van der Waals surface area contributed by atoms with Crippen LogP contribution in [-0.2, 0) is 20.8 Å². The number of benzene rings is 2. The highest BCUT2D eigenvalue weighted by molar-refractivity contribution is 6.18. The summed E-state index contributed by atoms with van der Waals surface area (Å²) in [5.41, 5.74) is 5.48. The van der Waals surface area contributed by atoms with E-state index in [0.717, 1.165) is 37.7 Å². The van der Waals surface area contributed by atoms with Crippen molar-refractivity contribution >= 4 is 17.3 Å². The van der Waals surface area contributed by atoms with E-state index in [1.54, 1.807) is 12.1 Å². The lowest BCUT2D eigenvalue weighted by Gasteiger charge is -2.43. The minimum absolute atomic E-state index is 0.100. The molecule has 0 spiro atoms. The average molecular weight is 493 g/mol. The number of phenolic OH excluding ortho intramolecular Hbond substituents is 1. The third kappa shape index (κ3) is 4.57. The minimum atomic E-state index is -0.224. The molecule has 0 radical (unpaired) electrons. The molecule has 6 rings (SSSR count). The van der Waals surface area contributed by atoms with Crippen LogP contribution in [0.5, 0.6) is 5.75 Å². The van der Waals surface area contributed by atoms with Crippen LogP contribution >= 0.6 is 0 Å². The highest BCUT2D eigenvalue weighted by atomic mass is 16.3. The van der Waals surface area contributed by atoms with E-state index in [1.165, 1.54) is 34.9 Å². The van der Waals surface area contributed by atoms with Gasteiger partial charge in [0.1, 0.15) is 11.5 Å². The summed E-state index contributed by atoms with van der Waals surface area (Å²) in [4.78, 5) is 35.3. The van der Waals surface area contributed by atoms with Crippen LogP contribution in [0.4, 0.5) is 0 Å².